The molecule has 4 nitrogen and oxygen atoms in total. The summed E-state index contributed by atoms with van der Waals surface area (Å²) in [5, 5.41) is 8.86. The van der Waals surface area contributed by atoms with Crippen LogP contribution >= 0.6 is 0 Å². The quantitative estimate of drug-likeness (QED) is 0.720. The number of rotatable bonds is 2. The third kappa shape index (κ3) is 2.01. The summed E-state index contributed by atoms with van der Waals surface area (Å²) < 4.78 is 1.83. The van der Waals surface area contributed by atoms with Crippen molar-refractivity contribution in [1.29, 1.82) is 5.26 Å². The molecular weight excluding hydrogens is 190 g/mol. The number of carbonyl (C=O) groups excluding carboxylic acids is 1. The van der Waals surface area contributed by atoms with Crippen LogP contribution in [0.3, 0.4) is 0 Å². The van der Waals surface area contributed by atoms with E-state index < -0.39 is 0 Å². The number of nitriles is 1. The summed E-state index contributed by atoms with van der Waals surface area (Å²) in [6.07, 6.45) is 5.47. The summed E-state index contributed by atoms with van der Waals surface area (Å²) >= 11 is 0. The zero-order chi connectivity index (χ0) is 10.7. The lowest BCUT2D eigenvalue weighted by Gasteiger charge is -2.19. The number of hydrogen-bond donors (Lipinski definition) is 0. The van der Waals surface area contributed by atoms with Crippen molar-refractivity contribution >= 4 is 5.91 Å². The van der Waals surface area contributed by atoms with Gasteiger partial charge in [0, 0.05) is 18.9 Å². The van der Waals surface area contributed by atoms with Crippen LogP contribution in [0.15, 0.2) is 24.5 Å². The van der Waals surface area contributed by atoms with Crippen LogP contribution in [0.5, 0.6) is 0 Å². The molecule has 78 valence electrons. The Hall–Kier alpha value is -1.76. The van der Waals surface area contributed by atoms with Crippen molar-refractivity contribution in [3.8, 4) is 6.07 Å². The van der Waals surface area contributed by atoms with Crippen LogP contribution in [0.4, 0.5) is 0 Å². The average molecular weight is 203 g/mol. The highest BCUT2D eigenvalue weighted by Gasteiger charge is 2.28. The standard InChI is InChI=1S/C11H13N3O/c12-8-10-4-3-7-14(10)11(15)9-13-5-1-2-6-13/h1-2,5-6,10H,3-4,7,9H2/t10-/m0/s1. The maximum absolute atomic E-state index is 11.8. The first-order valence-corrected chi connectivity index (χ1v) is 5.11. The number of nitrogens with zero attached hydrogens (tertiary/aromatic N) is 3. The number of likely N-dealkylation sites (tertiary alicyclic amines) is 1. The van der Waals surface area contributed by atoms with Gasteiger partial charge in [-0.15, -0.1) is 0 Å². The number of hydrogen-bond acceptors (Lipinski definition) is 2. The molecule has 2 rings (SSSR count). The molecule has 2 heterocycles. The predicted molar refractivity (Wildman–Crippen MR) is 54.8 cm³/mol. The Morgan fingerprint density at radius 1 is 1.47 bits per heavy atom. The fraction of sp³-hybridized carbons (Fsp3) is 0.455. The van der Waals surface area contributed by atoms with E-state index in [9.17, 15) is 4.79 Å². The molecule has 0 bridgehead atoms. The molecule has 1 amide bonds. The average Bonchev–Trinajstić information content (AvgIpc) is 2.86. The molecular formula is C11H13N3O. The third-order valence-electron chi connectivity index (χ3n) is 2.71. The van der Waals surface area contributed by atoms with E-state index in [2.05, 4.69) is 6.07 Å². The molecule has 15 heavy (non-hydrogen) atoms. The Morgan fingerprint density at radius 2 is 2.20 bits per heavy atom. The van der Waals surface area contributed by atoms with Crippen molar-refractivity contribution in [2.75, 3.05) is 6.54 Å². The van der Waals surface area contributed by atoms with Gasteiger partial charge in [-0.3, -0.25) is 4.79 Å². The van der Waals surface area contributed by atoms with E-state index in [1.54, 1.807) is 4.90 Å². The minimum Gasteiger partial charge on any atom is -0.345 e. The summed E-state index contributed by atoms with van der Waals surface area (Å²) in [5.41, 5.74) is 0. The minimum absolute atomic E-state index is 0.0373. The Labute approximate surface area is 88.7 Å². The first kappa shape index (κ1) is 9.78. The van der Waals surface area contributed by atoms with Gasteiger partial charge in [-0.05, 0) is 25.0 Å². The van der Waals surface area contributed by atoms with Crippen LogP contribution < -0.4 is 0 Å². The maximum Gasteiger partial charge on any atom is 0.243 e. The summed E-state index contributed by atoms with van der Waals surface area (Å²) in [7, 11) is 0. The smallest absolute Gasteiger partial charge is 0.243 e. The molecule has 0 saturated carbocycles. The first-order chi connectivity index (χ1) is 7.31. The Balaban J connectivity index is 1.99. The Morgan fingerprint density at radius 3 is 2.87 bits per heavy atom. The van der Waals surface area contributed by atoms with Gasteiger partial charge < -0.3 is 9.47 Å². The van der Waals surface area contributed by atoms with Crippen LogP contribution in [0, 0.1) is 11.3 Å². The van der Waals surface area contributed by atoms with Gasteiger partial charge in [-0.2, -0.15) is 5.26 Å². The van der Waals surface area contributed by atoms with E-state index in [4.69, 9.17) is 5.26 Å². The highest BCUT2D eigenvalue weighted by molar-refractivity contribution is 5.77. The van der Waals surface area contributed by atoms with Crippen molar-refractivity contribution in [1.82, 2.24) is 9.47 Å². The van der Waals surface area contributed by atoms with Gasteiger partial charge in [0.2, 0.25) is 5.91 Å². The molecule has 0 spiro atoms. The van der Waals surface area contributed by atoms with Gasteiger partial charge >= 0.3 is 0 Å². The molecule has 1 aliphatic rings. The zero-order valence-corrected chi connectivity index (χ0v) is 8.47. The van der Waals surface area contributed by atoms with Crippen molar-refractivity contribution in [3.63, 3.8) is 0 Å². The van der Waals surface area contributed by atoms with E-state index in [1.165, 1.54) is 0 Å². The molecule has 1 aromatic rings. The monoisotopic (exact) mass is 203 g/mol. The minimum atomic E-state index is -0.215. The highest BCUT2D eigenvalue weighted by atomic mass is 16.2. The van der Waals surface area contributed by atoms with Gasteiger partial charge in [0.1, 0.15) is 12.6 Å². The third-order valence-corrected chi connectivity index (χ3v) is 2.71. The number of carbonyl (C=O) groups is 1. The molecule has 1 aliphatic heterocycles. The number of aromatic nitrogens is 1. The largest absolute Gasteiger partial charge is 0.345 e. The molecule has 0 N–H and O–H groups in total. The molecule has 0 radical (unpaired) electrons. The predicted octanol–water partition coefficient (Wildman–Crippen LogP) is 1.00. The summed E-state index contributed by atoms with van der Waals surface area (Å²) in [6.45, 7) is 1.06. The lowest BCUT2D eigenvalue weighted by molar-refractivity contribution is -0.131. The van der Waals surface area contributed by atoms with Gasteiger partial charge in [-0.1, -0.05) is 0 Å². The second-order valence-corrected chi connectivity index (χ2v) is 3.73. The molecule has 1 aromatic heterocycles. The van der Waals surface area contributed by atoms with Crippen LogP contribution in [-0.2, 0) is 11.3 Å². The Bertz CT molecular complexity index is 377. The lowest BCUT2D eigenvalue weighted by atomic mass is 10.2. The van der Waals surface area contributed by atoms with Gasteiger partial charge in [0.25, 0.3) is 0 Å². The van der Waals surface area contributed by atoms with E-state index >= 15 is 0 Å². The van der Waals surface area contributed by atoms with Crippen molar-refractivity contribution in [2.24, 2.45) is 0 Å². The topological polar surface area (TPSA) is 49.0 Å². The van der Waals surface area contributed by atoms with Crippen molar-refractivity contribution in [3.05, 3.63) is 24.5 Å². The van der Waals surface area contributed by atoms with Crippen LogP contribution in [-0.4, -0.2) is 28.0 Å². The van der Waals surface area contributed by atoms with Crippen molar-refractivity contribution < 1.29 is 4.79 Å². The zero-order valence-electron chi connectivity index (χ0n) is 8.47. The first-order valence-electron chi connectivity index (χ1n) is 5.11. The van der Waals surface area contributed by atoms with Gasteiger partial charge in [0.15, 0.2) is 0 Å². The normalized spacial score (nSPS) is 20.2. The van der Waals surface area contributed by atoms with Gasteiger partial charge in [-0.25, -0.2) is 0 Å². The molecule has 4 heteroatoms. The maximum atomic E-state index is 11.8. The molecule has 0 aliphatic carbocycles. The second kappa shape index (κ2) is 4.18. The summed E-state index contributed by atoms with van der Waals surface area (Å²) in [5.74, 6) is 0.0373. The van der Waals surface area contributed by atoms with Crippen LogP contribution in [0.25, 0.3) is 0 Å². The van der Waals surface area contributed by atoms with E-state index in [-0.39, 0.29) is 11.9 Å². The molecule has 1 fully saturated rings. The highest BCUT2D eigenvalue weighted by Crippen LogP contribution is 2.16. The summed E-state index contributed by atoms with van der Waals surface area (Å²) in [6, 6.07) is 5.73. The van der Waals surface area contributed by atoms with E-state index in [1.807, 2.05) is 29.1 Å². The summed E-state index contributed by atoms with van der Waals surface area (Å²) in [4.78, 5) is 13.5. The van der Waals surface area contributed by atoms with Gasteiger partial charge in [0.05, 0.1) is 6.07 Å². The molecule has 0 unspecified atom stereocenters. The molecule has 0 aromatic carbocycles. The SMILES string of the molecule is N#C[C@@H]1CCCN1C(=O)Cn1cccc1. The fourth-order valence-corrected chi connectivity index (χ4v) is 1.92. The van der Waals surface area contributed by atoms with Crippen molar-refractivity contribution in [2.45, 2.75) is 25.4 Å². The lowest BCUT2D eigenvalue weighted by Crippen LogP contribution is -2.36. The molecule has 1 saturated heterocycles. The van der Waals surface area contributed by atoms with E-state index in [0.717, 1.165) is 19.4 Å². The second-order valence-electron chi connectivity index (χ2n) is 3.73. The van der Waals surface area contributed by atoms with E-state index in [0.29, 0.717) is 6.54 Å². The van der Waals surface area contributed by atoms with Crippen LogP contribution in [0.2, 0.25) is 0 Å². The fourth-order valence-electron chi connectivity index (χ4n) is 1.92. The number of amides is 1. The Kier molecular flexibility index (Phi) is 2.72. The molecule has 1 atom stereocenters. The van der Waals surface area contributed by atoms with Crippen LogP contribution in [0.1, 0.15) is 12.8 Å².